The molecule has 0 aliphatic heterocycles. The molecule has 0 saturated carbocycles. The normalized spacial score (nSPS) is 10.3. The molecular weight excluding hydrogens is 236 g/mol. The molecule has 0 amide bonds. The number of rotatable bonds is 4. The van der Waals surface area contributed by atoms with Crippen molar-refractivity contribution in [3.05, 3.63) is 72.6 Å². The molecule has 2 aromatic carbocycles. The van der Waals surface area contributed by atoms with Gasteiger partial charge in [0.2, 0.25) is 0 Å². The van der Waals surface area contributed by atoms with Gasteiger partial charge in [-0.2, -0.15) is 0 Å². The van der Waals surface area contributed by atoms with Crippen LogP contribution in [0.2, 0.25) is 0 Å². The van der Waals surface area contributed by atoms with Crippen LogP contribution in [0.15, 0.2) is 60.9 Å². The first-order valence-electron chi connectivity index (χ1n) is 6.07. The van der Waals surface area contributed by atoms with Crippen LogP contribution in [-0.2, 0) is 6.54 Å². The molecule has 0 aliphatic rings. The molecule has 0 spiro atoms. The zero-order valence-corrected chi connectivity index (χ0v) is 10.3. The molecule has 1 aromatic heterocycles. The average molecular weight is 249 g/mol. The van der Waals surface area contributed by atoms with Crippen molar-refractivity contribution in [3.8, 4) is 0 Å². The van der Waals surface area contributed by atoms with Crippen LogP contribution in [0.25, 0.3) is 0 Å². The molecule has 0 saturated heterocycles. The van der Waals surface area contributed by atoms with Gasteiger partial charge in [-0.05, 0) is 23.8 Å². The Morgan fingerprint density at radius 3 is 2.68 bits per heavy atom. The van der Waals surface area contributed by atoms with E-state index in [2.05, 4.69) is 33.8 Å². The summed E-state index contributed by atoms with van der Waals surface area (Å²) in [5.74, 6) is 0. The highest BCUT2D eigenvalue weighted by atomic mass is 15.4. The lowest BCUT2D eigenvalue weighted by Gasteiger charge is -2.07. The van der Waals surface area contributed by atoms with Gasteiger partial charge in [-0.15, -0.1) is 5.10 Å². The molecule has 0 fully saturated rings. The predicted molar refractivity (Wildman–Crippen MR) is 74.1 cm³/mol. The van der Waals surface area contributed by atoms with Crippen LogP contribution in [0.3, 0.4) is 0 Å². The van der Waals surface area contributed by atoms with Crippen LogP contribution in [-0.4, -0.2) is 15.0 Å². The maximum atomic E-state index is 3.95. The molecule has 3 aromatic rings. The Kier molecular flexibility index (Phi) is 3.23. The van der Waals surface area contributed by atoms with E-state index in [1.54, 1.807) is 10.9 Å². The van der Waals surface area contributed by atoms with E-state index in [4.69, 9.17) is 0 Å². The number of anilines is 2. The van der Waals surface area contributed by atoms with E-state index in [9.17, 15) is 0 Å². The molecule has 1 N–H and O–H groups in total. The van der Waals surface area contributed by atoms with Crippen molar-refractivity contribution in [1.29, 1.82) is 0 Å². The summed E-state index contributed by atoms with van der Waals surface area (Å²) in [5.41, 5.74) is 3.20. The molecular formula is C15H13N4. The van der Waals surface area contributed by atoms with Crippen molar-refractivity contribution in [2.75, 3.05) is 5.32 Å². The first-order chi connectivity index (χ1) is 9.40. The van der Waals surface area contributed by atoms with Crippen LogP contribution >= 0.6 is 0 Å². The molecule has 19 heavy (non-hydrogen) atoms. The maximum Gasteiger partial charge on any atom is 0.0693 e. The quantitative estimate of drug-likeness (QED) is 0.773. The molecule has 93 valence electrons. The summed E-state index contributed by atoms with van der Waals surface area (Å²) in [6.07, 6.45) is 3.53. The highest BCUT2D eigenvalue weighted by molar-refractivity contribution is 5.58. The SMILES string of the molecule is [c]1ccccc1Nc1ccc(Cn2ccnn2)cc1. The van der Waals surface area contributed by atoms with Crippen molar-refractivity contribution in [1.82, 2.24) is 15.0 Å². The first-order valence-corrected chi connectivity index (χ1v) is 6.07. The van der Waals surface area contributed by atoms with E-state index < -0.39 is 0 Å². The highest BCUT2D eigenvalue weighted by Gasteiger charge is 1.97. The van der Waals surface area contributed by atoms with Crippen LogP contribution < -0.4 is 5.32 Å². The minimum Gasteiger partial charge on any atom is -0.355 e. The first kappa shape index (κ1) is 11.5. The van der Waals surface area contributed by atoms with Crippen molar-refractivity contribution in [3.63, 3.8) is 0 Å². The Balaban J connectivity index is 1.69. The topological polar surface area (TPSA) is 42.7 Å². The smallest absolute Gasteiger partial charge is 0.0693 e. The van der Waals surface area contributed by atoms with Gasteiger partial charge in [0.15, 0.2) is 0 Å². The Bertz CT molecular complexity index is 615. The molecule has 0 aliphatic carbocycles. The second kappa shape index (κ2) is 5.35. The van der Waals surface area contributed by atoms with E-state index >= 15 is 0 Å². The van der Waals surface area contributed by atoms with E-state index in [0.29, 0.717) is 0 Å². The van der Waals surface area contributed by atoms with Crippen molar-refractivity contribution >= 4 is 11.4 Å². The number of aromatic nitrogens is 3. The highest BCUT2D eigenvalue weighted by Crippen LogP contribution is 2.16. The lowest BCUT2D eigenvalue weighted by molar-refractivity contribution is 0.650. The zero-order chi connectivity index (χ0) is 12.9. The van der Waals surface area contributed by atoms with Gasteiger partial charge >= 0.3 is 0 Å². The number of benzene rings is 2. The molecule has 3 rings (SSSR count). The summed E-state index contributed by atoms with van der Waals surface area (Å²) in [5, 5.41) is 11.0. The fraction of sp³-hybridized carbons (Fsp3) is 0.0667. The summed E-state index contributed by atoms with van der Waals surface area (Å²) < 4.78 is 1.80. The Hall–Kier alpha value is -2.62. The molecule has 1 radical (unpaired) electrons. The van der Waals surface area contributed by atoms with Gasteiger partial charge in [-0.1, -0.05) is 35.5 Å². The standard InChI is InChI=1S/C15H13N4/c1-2-4-14(5-3-1)17-15-8-6-13(7-9-15)12-19-11-10-16-18-19/h1-4,6-11,17H,12H2. The Morgan fingerprint density at radius 2 is 2.00 bits per heavy atom. The van der Waals surface area contributed by atoms with E-state index in [1.807, 2.05) is 42.6 Å². The Morgan fingerprint density at radius 1 is 1.11 bits per heavy atom. The molecule has 0 atom stereocenters. The number of nitrogens with zero attached hydrogens (tertiary/aromatic N) is 3. The zero-order valence-electron chi connectivity index (χ0n) is 10.3. The lowest BCUT2D eigenvalue weighted by atomic mass is 10.2. The maximum absolute atomic E-state index is 3.95. The third kappa shape index (κ3) is 2.98. The molecule has 4 nitrogen and oxygen atoms in total. The van der Waals surface area contributed by atoms with Crippen molar-refractivity contribution < 1.29 is 0 Å². The van der Waals surface area contributed by atoms with Crippen LogP contribution in [0.4, 0.5) is 11.4 Å². The van der Waals surface area contributed by atoms with Gasteiger partial charge in [-0.25, -0.2) is 4.68 Å². The van der Waals surface area contributed by atoms with Crippen molar-refractivity contribution in [2.45, 2.75) is 6.54 Å². The number of nitrogens with one attached hydrogen (secondary N) is 1. The second-order valence-electron chi connectivity index (χ2n) is 4.20. The van der Waals surface area contributed by atoms with Gasteiger partial charge in [-0.3, -0.25) is 0 Å². The van der Waals surface area contributed by atoms with Gasteiger partial charge < -0.3 is 5.32 Å². The van der Waals surface area contributed by atoms with Crippen LogP contribution in [0.5, 0.6) is 0 Å². The molecule has 4 heteroatoms. The summed E-state index contributed by atoms with van der Waals surface area (Å²) in [4.78, 5) is 0. The van der Waals surface area contributed by atoms with Crippen LogP contribution in [0, 0.1) is 6.07 Å². The van der Waals surface area contributed by atoms with Gasteiger partial charge in [0.05, 0.1) is 12.7 Å². The fourth-order valence-corrected chi connectivity index (χ4v) is 1.82. The average Bonchev–Trinajstić information content (AvgIpc) is 2.95. The minimum absolute atomic E-state index is 0.734. The summed E-state index contributed by atoms with van der Waals surface area (Å²) in [7, 11) is 0. The summed E-state index contributed by atoms with van der Waals surface area (Å²) in [6.45, 7) is 0.734. The molecule has 0 bridgehead atoms. The van der Waals surface area contributed by atoms with Gasteiger partial charge in [0.25, 0.3) is 0 Å². The van der Waals surface area contributed by atoms with E-state index in [-0.39, 0.29) is 0 Å². The number of hydrogen-bond acceptors (Lipinski definition) is 3. The minimum atomic E-state index is 0.734. The summed E-state index contributed by atoms with van der Waals surface area (Å²) >= 11 is 0. The van der Waals surface area contributed by atoms with E-state index in [0.717, 1.165) is 17.9 Å². The Labute approximate surface area is 111 Å². The van der Waals surface area contributed by atoms with Gasteiger partial charge in [0, 0.05) is 23.6 Å². The monoisotopic (exact) mass is 249 g/mol. The van der Waals surface area contributed by atoms with Crippen LogP contribution in [0.1, 0.15) is 5.56 Å². The second-order valence-corrected chi connectivity index (χ2v) is 4.20. The summed E-state index contributed by atoms with van der Waals surface area (Å²) in [6, 6.07) is 19.2. The van der Waals surface area contributed by atoms with Gasteiger partial charge in [0.1, 0.15) is 0 Å². The molecule has 1 heterocycles. The predicted octanol–water partition coefficient (Wildman–Crippen LogP) is 2.87. The fourth-order valence-electron chi connectivity index (χ4n) is 1.82. The number of hydrogen-bond donors (Lipinski definition) is 1. The number of para-hydroxylation sites is 1. The largest absolute Gasteiger partial charge is 0.355 e. The third-order valence-corrected chi connectivity index (χ3v) is 2.76. The molecule has 0 unspecified atom stereocenters. The van der Waals surface area contributed by atoms with E-state index in [1.165, 1.54) is 5.56 Å². The third-order valence-electron chi connectivity index (χ3n) is 2.76. The lowest BCUT2D eigenvalue weighted by Crippen LogP contribution is -2.00. The van der Waals surface area contributed by atoms with Crippen molar-refractivity contribution in [2.24, 2.45) is 0 Å².